The van der Waals surface area contributed by atoms with Gasteiger partial charge in [-0.05, 0) is 37.6 Å². The number of aryl methyl sites for hydroxylation is 1. The summed E-state index contributed by atoms with van der Waals surface area (Å²) in [6.07, 6.45) is 0. The Labute approximate surface area is 189 Å². The molecule has 0 fully saturated rings. The van der Waals surface area contributed by atoms with E-state index in [-0.39, 0.29) is 17.7 Å². The number of rotatable bonds is 9. The molecule has 0 saturated carbocycles. The molecule has 0 radical (unpaired) electrons. The van der Waals surface area contributed by atoms with Crippen molar-refractivity contribution >= 4 is 33.6 Å². The molecular weight excluding hydrogens is 464 g/mol. The van der Waals surface area contributed by atoms with E-state index in [1.807, 2.05) is 60.9 Å². The number of hydrogen-bond acceptors (Lipinski definition) is 5. The van der Waals surface area contributed by atoms with E-state index in [9.17, 15) is 4.79 Å². The summed E-state index contributed by atoms with van der Waals surface area (Å²) in [6, 6.07) is 16.0. The van der Waals surface area contributed by atoms with Crippen LogP contribution < -0.4 is 5.32 Å². The molecule has 1 heterocycles. The topological polar surface area (TPSA) is 69.0 Å². The largest absolute Gasteiger partial charge is 0.383 e. The van der Waals surface area contributed by atoms with Crippen LogP contribution in [0.5, 0.6) is 0 Å². The van der Waals surface area contributed by atoms with Gasteiger partial charge in [0, 0.05) is 17.1 Å². The number of aromatic nitrogens is 3. The minimum Gasteiger partial charge on any atom is -0.383 e. The van der Waals surface area contributed by atoms with E-state index in [2.05, 4.69) is 37.5 Å². The molecule has 1 atom stereocenters. The number of thioether (sulfide) groups is 1. The average Bonchev–Trinajstić information content (AvgIpc) is 3.14. The van der Waals surface area contributed by atoms with Crippen LogP contribution in [0.1, 0.15) is 24.1 Å². The van der Waals surface area contributed by atoms with Crippen molar-refractivity contribution in [2.45, 2.75) is 31.6 Å². The number of amides is 1. The van der Waals surface area contributed by atoms with E-state index >= 15 is 0 Å². The van der Waals surface area contributed by atoms with Crippen molar-refractivity contribution in [2.24, 2.45) is 0 Å². The van der Waals surface area contributed by atoms with Gasteiger partial charge in [-0.2, -0.15) is 0 Å². The molecule has 0 aliphatic carbocycles. The molecule has 0 aliphatic heterocycles. The van der Waals surface area contributed by atoms with Crippen LogP contribution in [-0.2, 0) is 16.1 Å². The molecule has 0 aliphatic rings. The average molecular weight is 489 g/mol. The first-order chi connectivity index (χ1) is 14.5. The molecule has 1 aromatic heterocycles. The molecule has 3 aromatic rings. The van der Waals surface area contributed by atoms with Crippen LogP contribution >= 0.6 is 27.7 Å². The molecule has 0 bridgehead atoms. The molecule has 6 nitrogen and oxygen atoms in total. The van der Waals surface area contributed by atoms with Crippen molar-refractivity contribution in [1.29, 1.82) is 0 Å². The van der Waals surface area contributed by atoms with Gasteiger partial charge in [-0.1, -0.05) is 63.6 Å². The van der Waals surface area contributed by atoms with Gasteiger partial charge < -0.3 is 10.1 Å². The van der Waals surface area contributed by atoms with Gasteiger partial charge in [0.05, 0.1) is 24.9 Å². The number of halogens is 1. The zero-order chi connectivity index (χ0) is 21.5. The van der Waals surface area contributed by atoms with Crippen LogP contribution in [0, 0.1) is 6.92 Å². The molecular formula is C22H25BrN4O2S. The van der Waals surface area contributed by atoms with E-state index in [0.29, 0.717) is 18.3 Å². The van der Waals surface area contributed by atoms with Gasteiger partial charge in [0.1, 0.15) is 0 Å². The minimum absolute atomic E-state index is 0.0474. The third-order valence-corrected chi connectivity index (χ3v) is 6.09. The van der Waals surface area contributed by atoms with Crippen molar-refractivity contribution in [1.82, 2.24) is 20.1 Å². The van der Waals surface area contributed by atoms with Crippen molar-refractivity contribution in [2.75, 3.05) is 19.5 Å². The van der Waals surface area contributed by atoms with Crippen LogP contribution in [0.2, 0.25) is 0 Å². The number of nitrogens with zero attached hydrogens (tertiary/aromatic N) is 3. The Balaban J connectivity index is 1.68. The van der Waals surface area contributed by atoms with Gasteiger partial charge in [-0.25, -0.2) is 0 Å². The van der Waals surface area contributed by atoms with Crippen LogP contribution in [0.3, 0.4) is 0 Å². The highest BCUT2D eigenvalue weighted by Gasteiger charge is 2.17. The van der Waals surface area contributed by atoms with E-state index in [4.69, 9.17) is 4.74 Å². The number of carbonyl (C=O) groups is 1. The smallest absolute Gasteiger partial charge is 0.230 e. The number of benzene rings is 2. The molecule has 0 saturated heterocycles. The van der Waals surface area contributed by atoms with Gasteiger partial charge >= 0.3 is 0 Å². The number of methoxy groups -OCH3 is 1. The maximum absolute atomic E-state index is 12.5. The fourth-order valence-corrected chi connectivity index (χ4v) is 4.07. The number of carbonyl (C=O) groups excluding carboxylic acids is 1. The van der Waals surface area contributed by atoms with Gasteiger partial charge in [0.15, 0.2) is 11.0 Å². The van der Waals surface area contributed by atoms with Crippen molar-refractivity contribution in [3.05, 3.63) is 64.1 Å². The second-order valence-corrected chi connectivity index (χ2v) is 8.81. The maximum atomic E-state index is 12.5. The summed E-state index contributed by atoms with van der Waals surface area (Å²) in [7, 11) is 1.67. The predicted octanol–water partition coefficient (Wildman–Crippen LogP) is 4.63. The summed E-state index contributed by atoms with van der Waals surface area (Å²) >= 11 is 4.81. The van der Waals surface area contributed by atoms with Crippen LogP contribution in [0.15, 0.2) is 58.2 Å². The summed E-state index contributed by atoms with van der Waals surface area (Å²) in [6.45, 7) is 5.18. The van der Waals surface area contributed by atoms with E-state index in [1.165, 1.54) is 11.8 Å². The first kappa shape index (κ1) is 22.5. The molecule has 30 heavy (non-hydrogen) atoms. The summed E-state index contributed by atoms with van der Waals surface area (Å²) in [5, 5.41) is 12.4. The Kier molecular flexibility index (Phi) is 8.07. The van der Waals surface area contributed by atoms with Crippen molar-refractivity contribution in [3.8, 4) is 11.4 Å². The Morgan fingerprint density at radius 2 is 2.00 bits per heavy atom. The zero-order valence-electron chi connectivity index (χ0n) is 17.3. The van der Waals surface area contributed by atoms with Crippen LogP contribution in [0.25, 0.3) is 11.4 Å². The van der Waals surface area contributed by atoms with Gasteiger partial charge in [0.2, 0.25) is 5.91 Å². The van der Waals surface area contributed by atoms with Crippen molar-refractivity contribution < 1.29 is 9.53 Å². The van der Waals surface area contributed by atoms with E-state index in [1.54, 1.807) is 7.11 Å². The van der Waals surface area contributed by atoms with Crippen LogP contribution in [-0.4, -0.2) is 40.1 Å². The molecule has 3 rings (SSSR count). The number of hydrogen-bond donors (Lipinski definition) is 1. The molecule has 1 amide bonds. The second-order valence-electron chi connectivity index (χ2n) is 6.95. The van der Waals surface area contributed by atoms with Crippen LogP contribution in [0.4, 0.5) is 0 Å². The highest BCUT2D eigenvalue weighted by Crippen LogP contribution is 2.25. The standard InChI is InChI=1S/C22H25BrN4O2S/c1-15-5-4-6-18(13-15)21-25-26-22(27(21)11-12-29-3)30-14-20(28)24-16(2)17-7-9-19(23)10-8-17/h4-10,13,16H,11-12,14H2,1-3H3,(H,24,28)/t16-/m0/s1. The second kappa shape index (κ2) is 10.7. The molecule has 158 valence electrons. The fourth-order valence-electron chi connectivity index (χ4n) is 3.03. The highest BCUT2D eigenvalue weighted by molar-refractivity contribution is 9.10. The first-order valence-electron chi connectivity index (χ1n) is 9.64. The fraction of sp³-hybridized carbons (Fsp3) is 0.318. The molecule has 1 N–H and O–H groups in total. The monoisotopic (exact) mass is 488 g/mol. The van der Waals surface area contributed by atoms with Gasteiger partial charge in [-0.15, -0.1) is 10.2 Å². The third-order valence-electron chi connectivity index (χ3n) is 4.59. The van der Waals surface area contributed by atoms with Gasteiger partial charge in [0.25, 0.3) is 0 Å². The summed E-state index contributed by atoms with van der Waals surface area (Å²) < 4.78 is 8.27. The zero-order valence-corrected chi connectivity index (χ0v) is 19.7. The van der Waals surface area contributed by atoms with E-state index < -0.39 is 0 Å². The Morgan fingerprint density at radius 1 is 1.23 bits per heavy atom. The summed E-state index contributed by atoms with van der Waals surface area (Å²) in [4.78, 5) is 12.5. The first-order valence-corrected chi connectivity index (χ1v) is 11.4. The normalized spacial score (nSPS) is 12.0. The maximum Gasteiger partial charge on any atom is 0.230 e. The molecule has 0 unspecified atom stereocenters. The molecule has 8 heteroatoms. The lowest BCUT2D eigenvalue weighted by molar-refractivity contribution is -0.119. The summed E-state index contributed by atoms with van der Waals surface area (Å²) in [5.74, 6) is 0.996. The van der Waals surface area contributed by atoms with Crippen molar-refractivity contribution in [3.63, 3.8) is 0 Å². The SMILES string of the molecule is COCCn1c(SCC(=O)N[C@@H](C)c2ccc(Br)cc2)nnc1-c1cccc(C)c1. The summed E-state index contributed by atoms with van der Waals surface area (Å²) in [5.41, 5.74) is 3.21. The third kappa shape index (κ3) is 5.93. The molecule has 0 spiro atoms. The quantitative estimate of drug-likeness (QED) is 0.444. The highest BCUT2D eigenvalue weighted by atomic mass is 79.9. The van der Waals surface area contributed by atoms with E-state index in [0.717, 1.165) is 27.0 Å². The molecule has 2 aromatic carbocycles. The Bertz CT molecular complexity index is 991. The van der Waals surface area contributed by atoms with Gasteiger partial charge in [-0.3, -0.25) is 9.36 Å². The lowest BCUT2D eigenvalue weighted by Crippen LogP contribution is -2.28. The Hall–Kier alpha value is -2.16. The number of ether oxygens (including phenoxy) is 1. The predicted molar refractivity (Wildman–Crippen MR) is 123 cm³/mol. The minimum atomic E-state index is -0.0691. The Morgan fingerprint density at radius 3 is 2.70 bits per heavy atom. The lowest BCUT2D eigenvalue weighted by Gasteiger charge is -2.14. The lowest BCUT2D eigenvalue weighted by atomic mass is 10.1. The number of nitrogens with one attached hydrogen (secondary N) is 1.